The van der Waals surface area contributed by atoms with Crippen LogP contribution in [0.25, 0.3) is 11.4 Å². The molecule has 2 N–H and O–H groups in total. The molecule has 0 spiro atoms. The maximum absolute atomic E-state index is 10.6. The van der Waals surface area contributed by atoms with Gasteiger partial charge in [0.25, 0.3) is 11.8 Å². The Bertz CT molecular complexity index is 569. The Labute approximate surface area is 118 Å². The van der Waals surface area contributed by atoms with Crippen LogP contribution < -0.4 is 10.5 Å². The third-order valence-corrected chi connectivity index (χ3v) is 2.50. The van der Waals surface area contributed by atoms with Gasteiger partial charge in [0, 0.05) is 5.56 Å². The maximum atomic E-state index is 10.6. The minimum Gasteiger partial charge on any atom is -0.484 e. The highest BCUT2D eigenvalue weighted by molar-refractivity contribution is 6.43. The molecule has 0 aliphatic rings. The molecular weight excluding hydrogens is 293 g/mol. The molecule has 1 amide bonds. The van der Waals surface area contributed by atoms with Crippen LogP contribution in [0, 0.1) is 0 Å². The molecule has 8 heteroatoms. The van der Waals surface area contributed by atoms with Crippen molar-refractivity contribution in [3.05, 3.63) is 30.2 Å². The van der Waals surface area contributed by atoms with Crippen molar-refractivity contribution in [3.63, 3.8) is 0 Å². The van der Waals surface area contributed by atoms with Crippen molar-refractivity contribution in [3.8, 4) is 17.1 Å². The number of hydrogen-bond acceptors (Lipinski definition) is 5. The molecule has 0 saturated heterocycles. The van der Waals surface area contributed by atoms with Gasteiger partial charge in [0.05, 0.1) is 0 Å². The molecule has 100 valence electrons. The summed E-state index contributed by atoms with van der Waals surface area (Å²) in [7, 11) is 0. The quantitative estimate of drug-likeness (QED) is 0.854. The van der Waals surface area contributed by atoms with Crippen LogP contribution in [0.5, 0.6) is 5.75 Å². The fraction of sp³-hybridized carbons (Fsp3) is 0.182. The molecular formula is C11H9Cl2N3O3. The Kier molecular flexibility index (Phi) is 4.24. The van der Waals surface area contributed by atoms with Gasteiger partial charge >= 0.3 is 0 Å². The number of benzene rings is 1. The molecule has 0 aliphatic carbocycles. The van der Waals surface area contributed by atoms with Crippen molar-refractivity contribution in [1.82, 2.24) is 10.1 Å². The van der Waals surface area contributed by atoms with Gasteiger partial charge in [-0.3, -0.25) is 4.79 Å². The summed E-state index contributed by atoms with van der Waals surface area (Å²) < 4.78 is 9.99. The third kappa shape index (κ3) is 3.59. The van der Waals surface area contributed by atoms with Gasteiger partial charge in [-0.25, -0.2) is 0 Å². The topological polar surface area (TPSA) is 91.2 Å². The van der Waals surface area contributed by atoms with Crippen molar-refractivity contribution >= 4 is 29.1 Å². The van der Waals surface area contributed by atoms with Gasteiger partial charge in [0.1, 0.15) is 5.75 Å². The van der Waals surface area contributed by atoms with E-state index in [1.165, 1.54) is 0 Å². The zero-order chi connectivity index (χ0) is 13.8. The number of ether oxygens (including phenoxy) is 1. The van der Waals surface area contributed by atoms with E-state index in [-0.39, 0.29) is 12.5 Å². The summed E-state index contributed by atoms with van der Waals surface area (Å²) in [5.41, 5.74) is 5.68. The van der Waals surface area contributed by atoms with Gasteiger partial charge in [0.2, 0.25) is 5.82 Å². The monoisotopic (exact) mass is 301 g/mol. The molecule has 0 saturated carbocycles. The highest BCUT2D eigenvalue weighted by Crippen LogP contribution is 2.26. The SMILES string of the molecule is NC(=O)COc1ccc(-c2noc(C(Cl)Cl)n2)cc1. The summed E-state index contributed by atoms with van der Waals surface area (Å²) in [4.78, 5) is 13.7. The summed E-state index contributed by atoms with van der Waals surface area (Å²) in [6, 6.07) is 6.74. The maximum Gasteiger partial charge on any atom is 0.260 e. The first-order valence-corrected chi connectivity index (χ1v) is 6.07. The van der Waals surface area contributed by atoms with Gasteiger partial charge in [-0.05, 0) is 24.3 Å². The summed E-state index contributed by atoms with van der Waals surface area (Å²) in [5, 5.41) is 3.74. The molecule has 0 aliphatic heterocycles. The predicted octanol–water partition coefficient (Wildman–Crippen LogP) is 2.08. The minimum absolute atomic E-state index is 0.132. The summed E-state index contributed by atoms with van der Waals surface area (Å²) >= 11 is 11.2. The number of nitrogens with two attached hydrogens (primary N) is 1. The van der Waals surface area contributed by atoms with E-state index < -0.39 is 10.7 Å². The number of amides is 1. The zero-order valence-corrected chi connectivity index (χ0v) is 11.1. The van der Waals surface area contributed by atoms with Crippen LogP contribution in [-0.4, -0.2) is 22.7 Å². The van der Waals surface area contributed by atoms with Crippen molar-refractivity contribution in [2.75, 3.05) is 6.61 Å². The van der Waals surface area contributed by atoms with Gasteiger partial charge in [-0.1, -0.05) is 28.4 Å². The Morgan fingerprint density at radius 2 is 2.05 bits per heavy atom. The van der Waals surface area contributed by atoms with Crippen LogP contribution in [0.3, 0.4) is 0 Å². The highest BCUT2D eigenvalue weighted by atomic mass is 35.5. The molecule has 0 atom stereocenters. The first kappa shape index (κ1) is 13.6. The lowest BCUT2D eigenvalue weighted by Crippen LogP contribution is -2.19. The van der Waals surface area contributed by atoms with Gasteiger partial charge < -0.3 is 15.0 Å². The minimum atomic E-state index is -0.862. The second-order valence-electron chi connectivity index (χ2n) is 3.54. The van der Waals surface area contributed by atoms with E-state index in [4.69, 9.17) is 38.2 Å². The fourth-order valence-electron chi connectivity index (χ4n) is 1.30. The molecule has 19 heavy (non-hydrogen) atoms. The molecule has 0 fully saturated rings. The third-order valence-electron chi connectivity index (χ3n) is 2.12. The van der Waals surface area contributed by atoms with Gasteiger partial charge in [0.15, 0.2) is 11.4 Å². The standard InChI is InChI=1S/C11H9Cl2N3O3/c12-9(13)11-15-10(16-19-11)6-1-3-7(4-2-6)18-5-8(14)17/h1-4,9H,5H2,(H2,14,17). The van der Waals surface area contributed by atoms with Crippen LogP contribution in [0.15, 0.2) is 28.8 Å². The van der Waals surface area contributed by atoms with Crippen molar-refractivity contribution in [2.45, 2.75) is 4.84 Å². The lowest BCUT2D eigenvalue weighted by Gasteiger charge is -2.03. The number of alkyl halides is 2. The van der Waals surface area contributed by atoms with Crippen molar-refractivity contribution in [1.29, 1.82) is 0 Å². The first-order chi connectivity index (χ1) is 9.06. The van der Waals surface area contributed by atoms with Crippen molar-refractivity contribution in [2.24, 2.45) is 5.73 Å². The first-order valence-electron chi connectivity index (χ1n) is 5.19. The Morgan fingerprint density at radius 1 is 1.37 bits per heavy atom. The van der Waals surface area contributed by atoms with Gasteiger partial charge in [-0.2, -0.15) is 4.98 Å². The molecule has 1 heterocycles. The van der Waals surface area contributed by atoms with Crippen LogP contribution in [-0.2, 0) is 4.79 Å². The molecule has 6 nitrogen and oxygen atoms in total. The molecule has 0 bridgehead atoms. The Balaban J connectivity index is 2.10. The number of primary amides is 1. The summed E-state index contributed by atoms with van der Waals surface area (Å²) in [5.74, 6) is 0.469. The normalized spacial score (nSPS) is 10.7. The average Bonchev–Trinajstić information content (AvgIpc) is 2.86. The molecule has 2 aromatic rings. The molecule has 0 unspecified atom stereocenters. The Hall–Kier alpha value is -1.79. The number of halogens is 2. The summed E-state index contributed by atoms with van der Waals surface area (Å²) in [6.07, 6.45) is 0. The van der Waals surface area contributed by atoms with E-state index in [0.29, 0.717) is 17.1 Å². The fourth-order valence-corrected chi connectivity index (χ4v) is 1.47. The lowest BCUT2D eigenvalue weighted by molar-refractivity contribution is -0.119. The number of nitrogens with zero attached hydrogens (tertiary/aromatic N) is 2. The number of aromatic nitrogens is 2. The van der Waals surface area contributed by atoms with Crippen molar-refractivity contribution < 1.29 is 14.1 Å². The lowest BCUT2D eigenvalue weighted by atomic mass is 10.2. The second kappa shape index (κ2) is 5.90. The van der Waals surface area contributed by atoms with E-state index in [2.05, 4.69) is 10.1 Å². The van der Waals surface area contributed by atoms with Crippen LogP contribution in [0.4, 0.5) is 0 Å². The van der Waals surface area contributed by atoms with Crippen LogP contribution in [0.1, 0.15) is 10.7 Å². The average molecular weight is 302 g/mol. The Morgan fingerprint density at radius 3 is 2.58 bits per heavy atom. The van der Waals surface area contributed by atoms with E-state index >= 15 is 0 Å². The van der Waals surface area contributed by atoms with E-state index in [0.717, 1.165) is 0 Å². The van der Waals surface area contributed by atoms with E-state index in [9.17, 15) is 4.79 Å². The molecule has 1 aromatic carbocycles. The number of carbonyl (C=O) groups excluding carboxylic acids is 1. The number of carbonyl (C=O) groups is 1. The van der Waals surface area contributed by atoms with E-state index in [1.54, 1.807) is 24.3 Å². The smallest absolute Gasteiger partial charge is 0.260 e. The largest absolute Gasteiger partial charge is 0.484 e. The molecule has 1 aromatic heterocycles. The molecule has 0 radical (unpaired) electrons. The zero-order valence-electron chi connectivity index (χ0n) is 9.55. The van der Waals surface area contributed by atoms with Crippen LogP contribution in [0.2, 0.25) is 0 Å². The summed E-state index contributed by atoms with van der Waals surface area (Å²) in [6.45, 7) is -0.175. The molecule has 2 rings (SSSR count). The predicted molar refractivity (Wildman–Crippen MR) is 68.9 cm³/mol. The number of hydrogen-bond donors (Lipinski definition) is 1. The second-order valence-corrected chi connectivity index (χ2v) is 4.63. The van der Waals surface area contributed by atoms with Gasteiger partial charge in [-0.15, -0.1) is 0 Å². The van der Waals surface area contributed by atoms with Crippen LogP contribution >= 0.6 is 23.2 Å². The highest BCUT2D eigenvalue weighted by Gasteiger charge is 2.14. The van der Waals surface area contributed by atoms with E-state index in [1.807, 2.05) is 0 Å². The number of rotatable bonds is 5.